The lowest BCUT2D eigenvalue weighted by Crippen LogP contribution is -2.52. The van der Waals surface area contributed by atoms with Crippen LogP contribution in [0.1, 0.15) is 23.1 Å². The van der Waals surface area contributed by atoms with Crippen molar-refractivity contribution in [3.8, 4) is 5.75 Å². The molecule has 39 heavy (non-hydrogen) atoms. The van der Waals surface area contributed by atoms with Gasteiger partial charge < -0.3 is 19.5 Å². The molecule has 9 nitrogen and oxygen atoms in total. The van der Waals surface area contributed by atoms with Crippen molar-refractivity contribution in [1.29, 1.82) is 0 Å². The molecule has 0 aliphatic carbocycles. The Balaban J connectivity index is 1.62. The minimum Gasteiger partial charge on any atom is -0.424 e. The maximum absolute atomic E-state index is 14.5. The van der Waals surface area contributed by atoms with Crippen LogP contribution in [0.25, 0.3) is 0 Å². The minimum absolute atomic E-state index is 0.136. The number of hydrogen-bond acceptors (Lipinski definition) is 8. The first-order valence-corrected chi connectivity index (χ1v) is 13.7. The van der Waals surface area contributed by atoms with E-state index in [9.17, 15) is 37.5 Å². The predicted octanol–water partition coefficient (Wildman–Crippen LogP) is 3.79. The maximum Gasteiger partial charge on any atom is 0.383 e. The van der Waals surface area contributed by atoms with Crippen LogP contribution in [0, 0.1) is 13.8 Å². The van der Waals surface area contributed by atoms with Crippen molar-refractivity contribution in [1.82, 2.24) is 4.90 Å². The highest BCUT2D eigenvalue weighted by atomic mass is 31.2. The van der Waals surface area contributed by atoms with Gasteiger partial charge in [-0.1, -0.05) is 47.5 Å². The molecule has 0 aromatic heterocycles. The predicted molar refractivity (Wildman–Crippen MR) is 132 cm³/mol. The van der Waals surface area contributed by atoms with Crippen molar-refractivity contribution in [2.45, 2.75) is 56.9 Å². The number of ketones is 1. The normalized spacial score (nSPS) is 27.0. The number of allylic oxidation sites excluding steroid dienone is 1. The van der Waals surface area contributed by atoms with E-state index in [4.69, 9.17) is 13.8 Å². The van der Waals surface area contributed by atoms with E-state index in [1.54, 1.807) is 36.4 Å². The SMILES string of the molecule is Cc1ccc(CP(=O)(OC[C@@]2(C(F)F)O[C@@H](N3C=C(F)C(=O)CC3=O)[C@H](O)[C@@H]2O)Oc2ccc(C)cc2)cc1. The van der Waals surface area contributed by atoms with E-state index in [1.807, 2.05) is 13.8 Å². The van der Waals surface area contributed by atoms with Crippen LogP contribution in [0.15, 0.2) is 60.6 Å². The average Bonchev–Trinajstić information content (AvgIpc) is 3.14. The Labute approximate surface area is 222 Å². The fourth-order valence-electron chi connectivity index (χ4n) is 4.17. The lowest BCUT2D eigenvalue weighted by Gasteiger charge is -2.33. The van der Waals surface area contributed by atoms with Gasteiger partial charge in [-0.2, -0.15) is 0 Å². The fourth-order valence-corrected chi connectivity index (χ4v) is 5.88. The Bertz CT molecular complexity index is 1250. The largest absolute Gasteiger partial charge is 0.424 e. The molecule has 1 amide bonds. The number of ether oxygens (including phenoxy) is 1. The summed E-state index contributed by atoms with van der Waals surface area (Å²) in [5.74, 6) is -3.37. The zero-order valence-electron chi connectivity index (χ0n) is 21.0. The molecule has 2 aromatic rings. The molecular formula is C26H27F3NO8P. The van der Waals surface area contributed by atoms with Gasteiger partial charge in [-0.05, 0) is 31.5 Å². The summed E-state index contributed by atoms with van der Waals surface area (Å²) < 4.78 is 73.1. The zero-order chi connectivity index (χ0) is 28.5. The molecule has 2 heterocycles. The molecule has 2 aliphatic rings. The van der Waals surface area contributed by atoms with Crippen LogP contribution in [0.5, 0.6) is 5.75 Å². The molecule has 13 heteroatoms. The standard InChI is InChI=1S/C26H27F3NO8P/c1-15-3-7-17(8-4-15)13-39(35,38-18-9-5-16(2)6-10-18)36-14-26(25(28)29)23(34)22(33)24(37-26)30-12-19(27)20(31)11-21(30)32/h3-10,12,22-25,33-34H,11,13-14H2,1-2H3/t22-,23+,24-,26-,39?/m1/s1. The van der Waals surface area contributed by atoms with E-state index in [0.29, 0.717) is 16.7 Å². The Morgan fingerprint density at radius 2 is 1.67 bits per heavy atom. The third kappa shape index (κ3) is 6.10. The topological polar surface area (TPSA) is 123 Å². The monoisotopic (exact) mass is 569 g/mol. The van der Waals surface area contributed by atoms with E-state index < -0.39 is 68.6 Å². The Kier molecular flexibility index (Phi) is 8.34. The van der Waals surface area contributed by atoms with Crippen molar-refractivity contribution < 1.29 is 51.3 Å². The Hall–Kier alpha value is -3.02. The molecule has 2 N–H and O–H groups in total. The van der Waals surface area contributed by atoms with Gasteiger partial charge in [0.1, 0.15) is 18.0 Å². The minimum atomic E-state index is -4.26. The molecule has 0 bridgehead atoms. The van der Waals surface area contributed by atoms with Gasteiger partial charge in [0.2, 0.25) is 11.7 Å². The lowest BCUT2D eigenvalue weighted by molar-refractivity contribution is -0.200. The molecule has 5 atom stereocenters. The molecule has 1 unspecified atom stereocenters. The van der Waals surface area contributed by atoms with Gasteiger partial charge in [-0.25, -0.2) is 17.7 Å². The number of alkyl halides is 2. The zero-order valence-corrected chi connectivity index (χ0v) is 21.9. The smallest absolute Gasteiger partial charge is 0.383 e. The summed E-state index contributed by atoms with van der Waals surface area (Å²) in [6.45, 7) is 2.45. The highest BCUT2D eigenvalue weighted by Crippen LogP contribution is 2.53. The lowest BCUT2D eigenvalue weighted by atomic mass is 9.96. The van der Waals surface area contributed by atoms with Gasteiger partial charge in [0.05, 0.1) is 19.2 Å². The Morgan fingerprint density at radius 1 is 1.08 bits per heavy atom. The van der Waals surface area contributed by atoms with Crippen molar-refractivity contribution in [3.63, 3.8) is 0 Å². The van der Waals surface area contributed by atoms with Crippen LogP contribution in [0.4, 0.5) is 13.2 Å². The van der Waals surface area contributed by atoms with Crippen molar-refractivity contribution >= 4 is 19.3 Å². The number of hydrogen-bond donors (Lipinski definition) is 2. The molecule has 2 aliphatic heterocycles. The van der Waals surface area contributed by atoms with Gasteiger partial charge in [-0.15, -0.1) is 0 Å². The molecule has 0 spiro atoms. The van der Waals surface area contributed by atoms with Gasteiger partial charge in [0.15, 0.2) is 17.7 Å². The van der Waals surface area contributed by atoms with Crippen LogP contribution < -0.4 is 4.52 Å². The second-order valence-corrected chi connectivity index (χ2v) is 11.5. The van der Waals surface area contributed by atoms with Gasteiger partial charge in [0.25, 0.3) is 6.43 Å². The number of amides is 1. The highest BCUT2D eigenvalue weighted by molar-refractivity contribution is 7.53. The number of aliphatic hydroxyl groups is 2. The molecule has 1 fully saturated rings. The van der Waals surface area contributed by atoms with Crippen molar-refractivity contribution in [3.05, 3.63) is 77.2 Å². The first kappa shape index (κ1) is 29.0. The van der Waals surface area contributed by atoms with E-state index in [0.717, 1.165) is 11.1 Å². The number of rotatable bonds is 9. The number of nitrogens with zero attached hydrogens (tertiary/aromatic N) is 1. The number of aryl methyl sites for hydroxylation is 2. The number of benzene rings is 2. The number of carbonyl (C=O) groups is 2. The third-order valence-corrected chi connectivity index (χ3v) is 8.23. The van der Waals surface area contributed by atoms with Gasteiger partial charge in [0, 0.05) is 6.20 Å². The van der Waals surface area contributed by atoms with Crippen LogP contribution in [0.3, 0.4) is 0 Å². The van der Waals surface area contributed by atoms with Gasteiger partial charge >= 0.3 is 7.60 Å². The molecule has 210 valence electrons. The third-order valence-electron chi connectivity index (χ3n) is 6.47. The summed E-state index contributed by atoms with van der Waals surface area (Å²) in [4.78, 5) is 24.2. The van der Waals surface area contributed by atoms with Crippen LogP contribution in [0.2, 0.25) is 0 Å². The fraction of sp³-hybridized carbons (Fsp3) is 0.385. The van der Waals surface area contributed by atoms with Crippen LogP contribution in [-0.4, -0.2) is 63.9 Å². The number of Topliss-reactive ketones (excluding diaryl/α,β-unsaturated/α-hetero) is 1. The molecule has 0 radical (unpaired) electrons. The first-order valence-electron chi connectivity index (χ1n) is 11.9. The number of carbonyl (C=O) groups excluding carboxylic acids is 2. The van der Waals surface area contributed by atoms with Crippen molar-refractivity contribution in [2.75, 3.05) is 6.61 Å². The Morgan fingerprint density at radius 3 is 2.26 bits per heavy atom. The summed E-state index contributed by atoms with van der Waals surface area (Å²) in [7, 11) is -4.26. The quantitative estimate of drug-likeness (QED) is 0.346. The second-order valence-electron chi connectivity index (χ2n) is 9.51. The molecule has 2 aromatic carbocycles. The maximum atomic E-state index is 14.5. The van der Waals surface area contributed by atoms with E-state index in [-0.39, 0.29) is 11.9 Å². The van der Waals surface area contributed by atoms with E-state index in [1.165, 1.54) is 12.1 Å². The van der Waals surface area contributed by atoms with Crippen LogP contribution >= 0.6 is 7.60 Å². The van der Waals surface area contributed by atoms with E-state index >= 15 is 0 Å². The molecule has 4 rings (SSSR count). The summed E-state index contributed by atoms with van der Waals surface area (Å²) in [6, 6.07) is 13.2. The van der Waals surface area contributed by atoms with E-state index in [2.05, 4.69) is 0 Å². The molecule has 1 saturated heterocycles. The van der Waals surface area contributed by atoms with Crippen LogP contribution in [-0.2, 0) is 29.6 Å². The average molecular weight is 569 g/mol. The summed E-state index contributed by atoms with van der Waals surface area (Å²) in [6.07, 6.45) is -10.8. The molecular weight excluding hydrogens is 542 g/mol. The summed E-state index contributed by atoms with van der Waals surface area (Å²) >= 11 is 0. The van der Waals surface area contributed by atoms with Crippen molar-refractivity contribution in [2.24, 2.45) is 0 Å². The highest BCUT2D eigenvalue weighted by Gasteiger charge is 2.62. The van der Waals surface area contributed by atoms with Gasteiger partial charge in [-0.3, -0.25) is 19.0 Å². The first-order chi connectivity index (χ1) is 18.3. The summed E-state index contributed by atoms with van der Waals surface area (Å²) in [5, 5.41) is 21.2. The molecule has 0 saturated carbocycles. The summed E-state index contributed by atoms with van der Waals surface area (Å²) in [5.41, 5.74) is -0.657. The second kappa shape index (κ2) is 11.2. The number of aliphatic hydroxyl groups excluding tert-OH is 2. The number of halogens is 3.